The number of benzene rings is 1. The molecule has 1 saturated carbocycles. The number of hydrogen-bond donors (Lipinski definition) is 2. The van der Waals surface area contributed by atoms with Crippen molar-refractivity contribution in [3.63, 3.8) is 0 Å². The van der Waals surface area contributed by atoms with Gasteiger partial charge in [0.15, 0.2) is 8.32 Å². The Morgan fingerprint density at radius 2 is 1.30 bits per heavy atom. The molecule has 0 aliphatic heterocycles. The monoisotopic (exact) mass is 548 g/mol. The molecule has 37 heavy (non-hydrogen) atoms. The lowest BCUT2D eigenvalue weighted by Gasteiger charge is -2.41. The zero-order valence-electron chi connectivity index (χ0n) is 24.5. The van der Waals surface area contributed by atoms with E-state index in [4.69, 9.17) is 8.85 Å². The van der Waals surface area contributed by atoms with Gasteiger partial charge in [-0.3, -0.25) is 0 Å². The van der Waals surface area contributed by atoms with Gasteiger partial charge >= 0.3 is 11.9 Å². The van der Waals surface area contributed by atoms with E-state index in [9.17, 15) is 19.8 Å². The molecule has 0 heterocycles. The predicted octanol–water partition coefficient (Wildman–Crippen LogP) is 7.66. The number of hydrogen-bond acceptors (Lipinski definition) is 4. The van der Waals surface area contributed by atoms with Gasteiger partial charge in [-0.05, 0) is 85.6 Å². The fourth-order valence-electron chi connectivity index (χ4n) is 4.23. The maximum atomic E-state index is 12.3. The van der Waals surface area contributed by atoms with E-state index >= 15 is 0 Å². The largest absolute Gasteiger partial charge is 0.544 e. The normalized spacial score (nSPS) is 20.3. The highest BCUT2D eigenvalue weighted by Gasteiger charge is 2.41. The summed E-state index contributed by atoms with van der Waals surface area (Å²) in [6, 6.07) is 7.40. The van der Waals surface area contributed by atoms with Crippen LogP contribution < -0.4 is 4.43 Å². The molecule has 6 nitrogen and oxygen atoms in total. The summed E-state index contributed by atoms with van der Waals surface area (Å²) < 4.78 is 12.9. The second-order valence-corrected chi connectivity index (χ2v) is 23.0. The Hall–Kier alpha value is -1.91. The highest BCUT2D eigenvalue weighted by Crippen LogP contribution is 2.41. The summed E-state index contributed by atoms with van der Waals surface area (Å²) in [5.74, 6) is -1.83. The summed E-state index contributed by atoms with van der Waals surface area (Å²) in [6.07, 6.45) is 2.92. The average molecular weight is 549 g/mol. The number of carboxylic acid groups (broad SMARTS) is 2. The second-order valence-electron chi connectivity index (χ2n) is 13.5. The van der Waals surface area contributed by atoms with E-state index < -0.39 is 28.6 Å². The van der Waals surface area contributed by atoms with Gasteiger partial charge in [-0.25, -0.2) is 9.59 Å². The summed E-state index contributed by atoms with van der Waals surface area (Å²) in [5, 5.41) is 20.3. The molecule has 2 N–H and O–H groups in total. The summed E-state index contributed by atoms with van der Waals surface area (Å²) >= 11 is 0. The van der Waals surface area contributed by atoms with Crippen molar-refractivity contribution in [1.82, 2.24) is 0 Å². The maximum Gasteiger partial charge on any atom is 0.332 e. The zero-order chi connectivity index (χ0) is 28.4. The predicted molar refractivity (Wildman–Crippen MR) is 154 cm³/mol. The van der Waals surface area contributed by atoms with Crippen LogP contribution in [0.5, 0.6) is 5.75 Å². The third-order valence-corrected chi connectivity index (χ3v) is 17.5. The van der Waals surface area contributed by atoms with Crippen molar-refractivity contribution in [2.24, 2.45) is 5.92 Å². The fourth-order valence-corrected chi connectivity index (χ4v) is 6.68. The van der Waals surface area contributed by atoms with Gasteiger partial charge in [0.2, 0.25) is 8.32 Å². The van der Waals surface area contributed by atoms with Gasteiger partial charge < -0.3 is 19.1 Å². The summed E-state index contributed by atoms with van der Waals surface area (Å²) in [7, 11) is -3.90. The molecular formula is C29H48O6Si2. The lowest BCUT2D eigenvalue weighted by atomic mass is 9.79. The molecular weight excluding hydrogens is 500 g/mol. The molecule has 0 aromatic heterocycles. The molecule has 0 spiro atoms. The first kappa shape index (κ1) is 31.3. The van der Waals surface area contributed by atoms with E-state index in [1.807, 2.05) is 24.3 Å². The van der Waals surface area contributed by atoms with Crippen LogP contribution in [0.1, 0.15) is 72.8 Å². The maximum absolute atomic E-state index is 12.3. The highest BCUT2D eigenvalue weighted by atomic mass is 28.4. The topological polar surface area (TPSA) is 93.1 Å². The Labute approximate surface area is 225 Å². The molecule has 0 radical (unpaired) electrons. The van der Waals surface area contributed by atoms with Crippen LogP contribution in [0, 0.1) is 5.92 Å². The number of carbonyl (C=O) groups is 2. The molecule has 1 aromatic rings. The minimum atomic E-state index is -1.99. The minimum absolute atomic E-state index is 0.0284. The van der Waals surface area contributed by atoms with E-state index in [1.165, 1.54) is 0 Å². The van der Waals surface area contributed by atoms with Crippen LogP contribution in [-0.4, -0.2) is 44.9 Å². The summed E-state index contributed by atoms with van der Waals surface area (Å²) in [5.41, 5.74) is 0.771. The van der Waals surface area contributed by atoms with E-state index in [0.29, 0.717) is 12.8 Å². The fraction of sp³-hybridized carbons (Fsp3) is 0.655. The van der Waals surface area contributed by atoms with Crippen molar-refractivity contribution >= 4 is 28.6 Å². The van der Waals surface area contributed by atoms with Gasteiger partial charge in [0.05, 0.1) is 11.1 Å². The van der Waals surface area contributed by atoms with Gasteiger partial charge in [0.25, 0.3) is 0 Å². The third-order valence-electron chi connectivity index (χ3n) is 8.65. The molecule has 1 aliphatic carbocycles. The first-order valence-corrected chi connectivity index (χ1v) is 19.2. The van der Waals surface area contributed by atoms with Crippen LogP contribution in [0.15, 0.2) is 35.4 Å². The molecule has 1 aliphatic rings. The minimum Gasteiger partial charge on any atom is -0.544 e. The van der Waals surface area contributed by atoms with Crippen LogP contribution in [0.2, 0.25) is 36.3 Å². The summed E-state index contributed by atoms with van der Waals surface area (Å²) in [6.45, 7) is 22.0. The van der Waals surface area contributed by atoms with Crippen molar-refractivity contribution in [2.45, 2.75) is 116 Å². The molecule has 0 bridgehead atoms. The highest BCUT2D eigenvalue weighted by molar-refractivity contribution is 6.75. The molecule has 0 atom stereocenters. The van der Waals surface area contributed by atoms with E-state index in [1.54, 1.807) is 0 Å². The molecule has 1 fully saturated rings. The Morgan fingerprint density at radius 1 is 0.811 bits per heavy atom. The van der Waals surface area contributed by atoms with Crippen molar-refractivity contribution in [3.8, 4) is 5.75 Å². The first-order valence-electron chi connectivity index (χ1n) is 13.4. The Morgan fingerprint density at radius 3 is 1.70 bits per heavy atom. The standard InChI is InChI=1S/C29H48O6Si2/c1-28(2,3)36(7,8)34-22-15-11-20(12-16-22)19-24(26(30)31)25(27(32)33)21-13-17-23(18-14-21)35-37(9,10)29(4,5)6/h11-12,15-16,21,23H,13-14,17-19H2,1-10H3,(H,30,31)(H,32,33)/t21-,23+. The van der Waals surface area contributed by atoms with Gasteiger partial charge in [-0.2, -0.15) is 0 Å². The Balaban J connectivity index is 2.21. The van der Waals surface area contributed by atoms with Crippen molar-refractivity contribution in [1.29, 1.82) is 0 Å². The van der Waals surface area contributed by atoms with Gasteiger partial charge in [-0.1, -0.05) is 53.7 Å². The Kier molecular flexibility index (Phi) is 9.69. The molecule has 0 unspecified atom stereocenters. The SMILES string of the molecule is CC(C)(C)[Si](C)(C)Oc1ccc(CC(C(=O)O)=C(C(=O)O)[C@H]2CC[C@@H](O[Si](C)(C)C(C)(C)C)CC2)cc1. The molecule has 208 valence electrons. The molecule has 0 saturated heterocycles. The number of carboxylic acids is 2. The average Bonchev–Trinajstić information content (AvgIpc) is 2.73. The summed E-state index contributed by atoms with van der Waals surface area (Å²) in [4.78, 5) is 24.6. The van der Waals surface area contributed by atoms with Crippen molar-refractivity contribution in [3.05, 3.63) is 41.0 Å². The van der Waals surface area contributed by atoms with Crippen LogP contribution >= 0.6 is 0 Å². The van der Waals surface area contributed by atoms with E-state index in [-0.39, 0.29) is 39.7 Å². The molecule has 8 heteroatoms. The van der Waals surface area contributed by atoms with Gasteiger partial charge in [0.1, 0.15) is 5.75 Å². The molecule has 0 amide bonds. The van der Waals surface area contributed by atoms with Crippen LogP contribution in [0.25, 0.3) is 0 Å². The van der Waals surface area contributed by atoms with Gasteiger partial charge in [-0.15, -0.1) is 0 Å². The van der Waals surface area contributed by atoms with Crippen molar-refractivity contribution < 1.29 is 28.7 Å². The van der Waals surface area contributed by atoms with E-state index in [2.05, 4.69) is 67.7 Å². The first-order chi connectivity index (χ1) is 16.7. The number of rotatable bonds is 9. The third kappa shape index (κ3) is 8.04. The van der Waals surface area contributed by atoms with Gasteiger partial charge in [0, 0.05) is 12.5 Å². The van der Waals surface area contributed by atoms with Crippen molar-refractivity contribution in [2.75, 3.05) is 0 Å². The molecule has 1 aromatic carbocycles. The van der Waals surface area contributed by atoms with E-state index in [0.717, 1.165) is 24.2 Å². The Bertz CT molecular complexity index is 989. The van der Waals surface area contributed by atoms with Crippen LogP contribution in [0.4, 0.5) is 0 Å². The molecule has 2 rings (SSSR count). The van der Waals surface area contributed by atoms with Crippen LogP contribution in [-0.2, 0) is 20.4 Å². The smallest absolute Gasteiger partial charge is 0.332 e. The zero-order valence-corrected chi connectivity index (χ0v) is 26.5. The quantitative estimate of drug-likeness (QED) is 0.243. The second kappa shape index (κ2) is 11.5. The lowest BCUT2D eigenvalue weighted by Crippen LogP contribution is -2.44. The number of aliphatic carboxylic acids is 2. The lowest BCUT2D eigenvalue weighted by molar-refractivity contribution is -0.136. The van der Waals surface area contributed by atoms with Crippen LogP contribution in [0.3, 0.4) is 0 Å².